The van der Waals surface area contributed by atoms with Crippen LogP contribution in [0.3, 0.4) is 0 Å². The molecular formula is C14H16ClF7N2. The number of nitrogens with zero attached hydrogens (tertiary/aromatic N) is 1. The molecule has 0 radical (unpaired) electrons. The standard InChI is InChI=1S/C14H15F7N2.ClH/c15-8-12(23-5-3-22-4-6-23)10-2-1-9(13(16,17)18)7-11(10)14(19,20)21;/h1-2,7,12,22H,3-6,8H2;1H/t12-;/m1./s1. The van der Waals surface area contributed by atoms with Crippen molar-refractivity contribution in [3.8, 4) is 0 Å². The molecule has 1 atom stereocenters. The summed E-state index contributed by atoms with van der Waals surface area (Å²) in [5.41, 5.74) is -3.30. The first-order valence-corrected chi connectivity index (χ1v) is 6.93. The van der Waals surface area contributed by atoms with Crippen LogP contribution < -0.4 is 5.32 Å². The van der Waals surface area contributed by atoms with Crippen LogP contribution in [0.5, 0.6) is 0 Å². The molecule has 0 aromatic heterocycles. The van der Waals surface area contributed by atoms with Crippen molar-refractivity contribution in [1.82, 2.24) is 10.2 Å². The van der Waals surface area contributed by atoms with E-state index < -0.39 is 41.8 Å². The molecule has 138 valence electrons. The van der Waals surface area contributed by atoms with Crippen molar-refractivity contribution >= 4 is 12.4 Å². The van der Waals surface area contributed by atoms with Gasteiger partial charge in [-0.2, -0.15) is 26.3 Å². The van der Waals surface area contributed by atoms with Gasteiger partial charge in [0.15, 0.2) is 0 Å². The highest BCUT2D eigenvalue weighted by Gasteiger charge is 2.40. The molecule has 1 fully saturated rings. The van der Waals surface area contributed by atoms with Gasteiger partial charge in [-0.05, 0) is 17.7 Å². The van der Waals surface area contributed by atoms with E-state index in [1.807, 2.05) is 0 Å². The predicted molar refractivity (Wildman–Crippen MR) is 76.9 cm³/mol. The van der Waals surface area contributed by atoms with Crippen LogP contribution in [0, 0.1) is 0 Å². The molecule has 1 N–H and O–H groups in total. The number of nitrogens with one attached hydrogen (secondary N) is 1. The lowest BCUT2D eigenvalue weighted by molar-refractivity contribution is -0.143. The van der Waals surface area contributed by atoms with Crippen LogP contribution >= 0.6 is 12.4 Å². The average molecular weight is 381 g/mol. The lowest BCUT2D eigenvalue weighted by Gasteiger charge is -2.35. The fraction of sp³-hybridized carbons (Fsp3) is 0.571. The summed E-state index contributed by atoms with van der Waals surface area (Å²) in [6.45, 7) is 0.519. The molecule has 0 amide bonds. The number of halogens is 8. The molecule has 1 aliphatic heterocycles. The Morgan fingerprint density at radius 1 is 1.00 bits per heavy atom. The minimum atomic E-state index is -4.99. The van der Waals surface area contributed by atoms with Crippen LogP contribution in [-0.2, 0) is 12.4 Å². The van der Waals surface area contributed by atoms with E-state index in [1.165, 1.54) is 4.90 Å². The molecule has 0 aliphatic carbocycles. The van der Waals surface area contributed by atoms with Crippen LogP contribution in [0.2, 0.25) is 0 Å². The summed E-state index contributed by atoms with van der Waals surface area (Å²) in [6, 6.07) is 0.143. The molecule has 1 aromatic rings. The van der Waals surface area contributed by atoms with Crippen molar-refractivity contribution in [3.63, 3.8) is 0 Å². The Bertz CT molecular complexity index is 539. The molecule has 0 bridgehead atoms. The van der Waals surface area contributed by atoms with Crippen molar-refractivity contribution in [1.29, 1.82) is 0 Å². The van der Waals surface area contributed by atoms with Gasteiger partial charge >= 0.3 is 12.4 Å². The monoisotopic (exact) mass is 380 g/mol. The van der Waals surface area contributed by atoms with Gasteiger partial charge in [0.2, 0.25) is 0 Å². The second-order valence-corrected chi connectivity index (χ2v) is 5.25. The molecule has 0 spiro atoms. The van der Waals surface area contributed by atoms with Crippen molar-refractivity contribution in [2.75, 3.05) is 32.9 Å². The Labute approximate surface area is 140 Å². The third-order valence-corrected chi connectivity index (χ3v) is 3.78. The number of hydrogen-bond acceptors (Lipinski definition) is 2. The van der Waals surface area contributed by atoms with Gasteiger partial charge in [-0.1, -0.05) is 6.07 Å². The molecule has 1 saturated heterocycles. The summed E-state index contributed by atoms with van der Waals surface area (Å²) < 4.78 is 90.9. The Morgan fingerprint density at radius 3 is 2.04 bits per heavy atom. The first-order chi connectivity index (χ1) is 10.6. The quantitative estimate of drug-likeness (QED) is 0.796. The van der Waals surface area contributed by atoms with Gasteiger partial charge in [0.1, 0.15) is 6.67 Å². The molecule has 1 heterocycles. The van der Waals surface area contributed by atoms with Gasteiger partial charge in [0.25, 0.3) is 0 Å². The molecule has 24 heavy (non-hydrogen) atoms. The van der Waals surface area contributed by atoms with Crippen molar-refractivity contribution in [3.05, 3.63) is 34.9 Å². The maximum atomic E-state index is 13.4. The van der Waals surface area contributed by atoms with E-state index >= 15 is 0 Å². The van der Waals surface area contributed by atoms with Crippen molar-refractivity contribution in [2.24, 2.45) is 0 Å². The Balaban J connectivity index is 0.00000288. The average Bonchev–Trinajstić information content (AvgIpc) is 2.47. The minimum Gasteiger partial charge on any atom is -0.314 e. The number of benzene rings is 1. The van der Waals surface area contributed by atoms with Crippen LogP contribution in [0.15, 0.2) is 18.2 Å². The molecule has 10 heteroatoms. The lowest BCUT2D eigenvalue weighted by atomic mass is 9.96. The normalized spacial score (nSPS) is 18.1. The number of piperazine rings is 1. The molecule has 0 unspecified atom stereocenters. The Kier molecular flexibility index (Phi) is 6.89. The van der Waals surface area contributed by atoms with E-state index in [0.29, 0.717) is 32.2 Å². The summed E-state index contributed by atoms with van der Waals surface area (Å²) in [5.74, 6) is 0. The fourth-order valence-corrected chi connectivity index (χ4v) is 2.64. The third-order valence-electron chi connectivity index (χ3n) is 3.78. The van der Waals surface area contributed by atoms with Gasteiger partial charge in [-0.25, -0.2) is 4.39 Å². The first kappa shape index (κ1) is 21.0. The number of hydrogen-bond donors (Lipinski definition) is 1. The largest absolute Gasteiger partial charge is 0.416 e. The summed E-state index contributed by atoms with van der Waals surface area (Å²) in [5, 5.41) is 2.98. The van der Waals surface area contributed by atoms with E-state index in [-0.39, 0.29) is 18.5 Å². The minimum absolute atomic E-state index is 0. The Hall–Kier alpha value is -1.06. The third kappa shape index (κ3) is 4.73. The maximum absolute atomic E-state index is 13.4. The summed E-state index contributed by atoms with van der Waals surface area (Å²) >= 11 is 0. The summed E-state index contributed by atoms with van der Waals surface area (Å²) in [7, 11) is 0. The number of alkyl halides is 7. The maximum Gasteiger partial charge on any atom is 0.416 e. The van der Waals surface area contributed by atoms with Crippen LogP contribution in [0.25, 0.3) is 0 Å². The highest BCUT2D eigenvalue weighted by atomic mass is 35.5. The highest BCUT2D eigenvalue weighted by molar-refractivity contribution is 5.85. The van der Waals surface area contributed by atoms with E-state index in [9.17, 15) is 30.7 Å². The fourth-order valence-electron chi connectivity index (χ4n) is 2.64. The molecule has 1 aromatic carbocycles. The Morgan fingerprint density at radius 2 is 1.58 bits per heavy atom. The summed E-state index contributed by atoms with van der Waals surface area (Å²) in [6.07, 6.45) is -9.88. The molecule has 0 saturated carbocycles. The van der Waals surface area contributed by atoms with Gasteiger partial charge in [-0.3, -0.25) is 4.90 Å². The van der Waals surface area contributed by atoms with Crippen molar-refractivity contribution < 1.29 is 30.7 Å². The zero-order valence-corrected chi connectivity index (χ0v) is 13.2. The van der Waals surface area contributed by atoms with E-state index in [2.05, 4.69) is 5.32 Å². The van der Waals surface area contributed by atoms with Gasteiger partial charge in [0.05, 0.1) is 17.2 Å². The van der Waals surface area contributed by atoms with Crippen LogP contribution in [-0.4, -0.2) is 37.8 Å². The van der Waals surface area contributed by atoms with Crippen molar-refractivity contribution in [2.45, 2.75) is 18.4 Å². The molecule has 2 nitrogen and oxygen atoms in total. The highest BCUT2D eigenvalue weighted by Crippen LogP contribution is 2.40. The molecular weight excluding hydrogens is 365 g/mol. The second kappa shape index (κ2) is 7.88. The second-order valence-electron chi connectivity index (χ2n) is 5.25. The van der Waals surface area contributed by atoms with Gasteiger partial charge in [0, 0.05) is 26.2 Å². The first-order valence-electron chi connectivity index (χ1n) is 6.93. The zero-order chi connectivity index (χ0) is 17.3. The topological polar surface area (TPSA) is 15.3 Å². The molecule has 1 aliphatic rings. The molecule has 2 rings (SSSR count). The lowest BCUT2D eigenvalue weighted by Crippen LogP contribution is -2.46. The van der Waals surface area contributed by atoms with E-state index in [4.69, 9.17) is 0 Å². The smallest absolute Gasteiger partial charge is 0.314 e. The van der Waals surface area contributed by atoms with E-state index in [1.54, 1.807) is 0 Å². The number of rotatable bonds is 3. The van der Waals surface area contributed by atoms with Gasteiger partial charge in [-0.15, -0.1) is 12.4 Å². The van der Waals surface area contributed by atoms with Crippen LogP contribution in [0.1, 0.15) is 22.7 Å². The van der Waals surface area contributed by atoms with Gasteiger partial charge < -0.3 is 5.32 Å². The van der Waals surface area contributed by atoms with E-state index in [0.717, 1.165) is 6.07 Å². The zero-order valence-electron chi connectivity index (χ0n) is 12.3. The SMILES string of the molecule is Cl.FC[C@H](c1ccc(C(F)(F)F)cc1C(F)(F)F)N1CCNCC1. The van der Waals surface area contributed by atoms with Crippen LogP contribution in [0.4, 0.5) is 30.7 Å². The summed E-state index contributed by atoms with van der Waals surface area (Å²) in [4.78, 5) is 1.51. The predicted octanol–water partition coefficient (Wildman–Crippen LogP) is 4.06.